The summed E-state index contributed by atoms with van der Waals surface area (Å²) in [5.74, 6) is -0.220. The summed E-state index contributed by atoms with van der Waals surface area (Å²) in [6.45, 7) is 0. The number of carbonyl (C=O) groups excluding carboxylic acids is 1. The fourth-order valence-electron chi connectivity index (χ4n) is 2.39. The predicted octanol–water partition coefficient (Wildman–Crippen LogP) is 5.62. The molecule has 0 aliphatic heterocycles. The highest BCUT2D eigenvalue weighted by molar-refractivity contribution is 6.04. The van der Waals surface area contributed by atoms with Crippen molar-refractivity contribution in [2.75, 3.05) is 5.32 Å². The molecule has 1 amide bonds. The van der Waals surface area contributed by atoms with Crippen LogP contribution in [0.1, 0.15) is 15.9 Å². The van der Waals surface area contributed by atoms with E-state index in [0.29, 0.717) is 16.8 Å². The summed E-state index contributed by atoms with van der Waals surface area (Å²) in [5.41, 5.74) is 1.93. The summed E-state index contributed by atoms with van der Waals surface area (Å²) in [6, 6.07) is 20.7. The Hall–Kier alpha value is -3.08. The van der Waals surface area contributed by atoms with Crippen LogP contribution in [0, 0.1) is 0 Å². The summed E-state index contributed by atoms with van der Waals surface area (Å²) in [7, 11) is 0. The molecule has 3 aromatic carbocycles. The standard InChI is InChI=1S/C20H14F3NO/c21-20(22,23)17-10-6-14(7-11-17)15-8-12-18(13-9-15)24-19(25)16-4-2-1-3-5-16/h1-13H,(H,24,25). The highest BCUT2D eigenvalue weighted by Crippen LogP contribution is 2.31. The van der Waals surface area contributed by atoms with Crippen LogP contribution >= 0.6 is 0 Å². The van der Waals surface area contributed by atoms with Gasteiger partial charge in [0.15, 0.2) is 0 Å². The number of hydrogen-bond acceptors (Lipinski definition) is 1. The van der Waals surface area contributed by atoms with E-state index in [1.165, 1.54) is 12.1 Å². The molecule has 0 aliphatic rings. The van der Waals surface area contributed by atoms with Crippen LogP contribution in [0.25, 0.3) is 11.1 Å². The molecule has 25 heavy (non-hydrogen) atoms. The first-order chi connectivity index (χ1) is 11.9. The lowest BCUT2D eigenvalue weighted by Crippen LogP contribution is -2.11. The molecule has 0 radical (unpaired) electrons. The predicted molar refractivity (Wildman–Crippen MR) is 91.3 cm³/mol. The maximum Gasteiger partial charge on any atom is 0.416 e. The number of alkyl halides is 3. The first kappa shape index (κ1) is 16.8. The second-order valence-electron chi connectivity index (χ2n) is 5.47. The smallest absolute Gasteiger partial charge is 0.322 e. The van der Waals surface area contributed by atoms with E-state index in [-0.39, 0.29) is 5.91 Å². The third-order valence-corrected chi connectivity index (χ3v) is 3.72. The molecule has 0 unspecified atom stereocenters. The molecule has 0 bridgehead atoms. The van der Waals surface area contributed by atoms with Gasteiger partial charge < -0.3 is 5.32 Å². The van der Waals surface area contributed by atoms with Gasteiger partial charge in [-0.25, -0.2) is 0 Å². The molecule has 0 spiro atoms. The Bertz CT molecular complexity index is 854. The van der Waals surface area contributed by atoms with Crippen LogP contribution in [0.5, 0.6) is 0 Å². The molecule has 0 atom stereocenters. The number of anilines is 1. The fourth-order valence-corrected chi connectivity index (χ4v) is 2.39. The van der Waals surface area contributed by atoms with Gasteiger partial charge in [0.25, 0.3) is 5.91 Å². The quantitative estimate of drug-likeness (QED) is 0.658. The Kier molecular flexibility index (Phi) is 4.57. The van der Waals surface area contributed by atoms with E-state index in [2.05, 4.69) is 5.32 Å². The van der Waals surface area contributed by atoms with Crippen molar-refractivity contribution in [3.8, 4) is 11.1 Å². The van der Waals surface area contributed by atoms with E-state index in [4.69, 9.17) is 0 Å². The minimum Gasteiger partial charge on any atom is -0.322 e. The molecule has 5 heteroatoms. The second-order valence-corrected chi connectivity index (χ2v) is 5.47. The van der Waals surface area contributed by atoms with Crippen LogP contribution in [-0.4, -0.2) is 5.91 Å². The lowest BCUT2D eigenvalue weighted by atomic mass is 10.0. The zero-order chi connectivity index (χ0) is 17.9. The minimum atomic E-state index is -4.34. The molecule has 2 nitrogen and oxygen atoms in total. The van der Waals surface area contributed by atoms with Gasteiger partial charge >= 0.3 is 6.18 Å². The van der Waals surface area contributed by atoms with E-state index in [0.717, 1.165) is 17.7 Å². The molecule has 0 fully saturated rings. The maximum absolute atomic E-state index is 12.6. The van der Waals surface area contributed by atoms with Crippen molar-refractivity contribution in [3.63, 3.8) is 0 Å². The third-order valence-electron chi connectivity index (χ3n) is 3.72. The van der Waals surface area contributed by atoms with Gasteiger partial charge in [0.1, 0.15) is 0 Å². The average Bonchev–Trinajstić information content (AvgIpc) is 2.62. The number of amides is 1. The highest BCUT2D eigenvalue weighted by Gasteiger charge is 2.29. The van der Waals surface area contributed by atoms with Gasteiger partial charge in [-0.2, -0.15) is 13.2 Å². The van der Waals surface area contributed by atoms with Crippen LogP contribution in [-0.2, 0) is 6.18 Å². The van der Waals surface area contributed by atoms with Gasteiger partial charge in [0.05, 0.1) is 5.56 Å². The lowest BCUT2D eigenvalue weighted by Gasteiger charge is -2.09. The topological polar surface area (TPSA) is 29.1 Å². The second kappa shape index (κ2) is 6.81. The van der Waals surface area contributed by atoms with Crippen molar-refractivity contribution in [3.05, 3.63) is 90.0 Å². The van der Waals surface area contributed by atoms with Gasteiger partial charge in [0.2, 0.25) is 0 Å². The van der Waals surface area contributed by atoms with Crippen molar-refractivity contribution in [1.29, 1.82) is 0 Å². The molecular formula is C20H14F3NO. The Labute approximate surface area is 142 Å². The maximum atomic E-state index is 12.6. The van der Waals surface area contributed by atoms with Gasteiger partial charge in [-0.05, 0) is 47.5 Å². The zero-order valence-electron chi connectivity index (χ0n) is 13.0. The summed E-state index contributed by atoms with van der Waals surface area (Å²) in [5, 5.41) is 2.78. The molecule has 3 aromatic rings. The fraction of sp³-hybridized carbons (Fsp3) is 0.0500. The monoisotopic (exact) mass is 341 g/mol. The molecule has 3 rings (SSSR count). The Morgan fingerprint density at radius 3 is 1.76 bits per heavy atom. The van der Waals surface area contributed by atoms with Crippen LogP contribution in [0.4, 0.5) is 18.9 Å². The number of rotatable bonds is 3. The normalized spacial score (nSPS) is 11.2. The third kappa shape index (κ3) is 4.07. The summed E-state index contributed by atoms with van der Waals surface area (Å²) in [6.07, 6.45) is -4.34. The van der Waals surface area contributed by atoms with E-state index in [1.54, 1.807) is 48.5 Å². The minimum absolute atomic E-state index is 0.220. The van der Waals surface area contributed by atoms with E-state index >= 15 is 0 Å². The summed E-state index contributed by atoms with van der Waals surface area (Å²) in [4.78, 5) is 12.1. The van der Waals surface area contributed by atoms with Crippen molar-refractivity contribution in [2.45, 2.75) is 6.18 Å². The Morgan fingerprint density at radius 2 is 1.24 bits per heavy atom. The van der Waals surface area contributed by atoms with Crippen LogP contribution in [0.3, 0.4) is 0 Å². The molecule has 0 heterocycles. The first-order valence-electron chi connectivity index (χ1n) is 7.57. The molecule has 0 aromatic heterocycles. The first-order valence-corrected chi connectivity index (χ1v) is 7.57. The number of halogens is 3. The van der Waals surface area contributed by atoms with Gasteiger partial charge in [-0.1, -0.05) is 42.5 Å². The largest absolute Gasteiger partial charge is 0.416 e. The summed E-state index contributed by atoms with van der Waals surface area (Å²) >= 11 is 0. The Balaban J connectivity index is 1.73. The van der Waals surface area contributed by atoms with Crippen LogP contribution in [0.15, 0.2) is 78.9 Å². The molecule has 0 saturated carbocycles. The van der Waals surface area contributed by atoms with E-state index in [1.807, 2.05) is 6.07 Å². The van der Waals surface area contributed by atoms with E-state index < -0.39 is 11.7 Å². The van der Waals surface area contributed by atoms with Crippen LogP contribution < -0.4 is 5.32 Å². The van der Waals surface area contributed by atoms with Crippen molar-refractivity contribution < 1.29 is 18.0 Å². The van der Waals surface area contributed by atoms with Gasteiger partial charge in [-0.15, -0.1) is 0 Å². The number of benzene rings is 3. The highest BCUT2D eigenvalue weighted by atomic mass is 19.4. The van der Waals surface area contributed by atoms with Crippen molar-refractivity contribution >= 4 is 11.6 Å². The van der Waals surface area contributed by atoms with E-state index in [9.17, 15) is 18.0 Å². The SMILES string of the molecule is O=C(Nc1ccc(-c2ccc(C(F)(F)F)cc2)cc1)c1ccccc1. The molecular weight excluding hydrogens is 327 g/mol. The zero-order valence-corrected chi connectivity index (χ0v) is 13.0. The number of nitrogens with one attached hydrogen (secondary N) is 1. The number of hydrogen-bond donors (Lipinski definition) is 1. The van der Waals surface area contributed by atoms with Crippen LogP contribution in [0.2, 0.25) is 0 Å². The molecule has 1 N–H and O–H groups in total. The van der Waals surface area contributed by atoms with Crippen molar-refractivity contribution in [2.24, 2.45) is 0 Å². The number of carbonyl (C=O) groups is 1. The molecule has 0 saturated heterocycles. The van der Waals surface area contributed by atoms with Crippen molar-refractivity contribution in [1.82, 2.24) is 0 Å². The Morgan fingerprint density at radius 1 is 0.720 bits per heavy atom. The van der Waals surface area contributed by atoms with Gasteiger partial charge in [-0.3, -0.25) is 4.79 Å². The lowest BCUT2D eigenvalue weighted by molar-refractivity contribution is -0.137. The average molecular weight is 341 g/mol. The summed E-state index contributed by atoms with van der Waals surface area (Å²) < 4.78 is 37.8. The molecule has 126 valence electrons. The molecule has 0 aliphatic carbocycles. The van der Waals surface area contributed by atoms with Gasteiger partial charge in [0, 0.05) is 11.3 Å².